The fourth-order valence-electron chi connectivity index (χ4n) is 1.83. The quantitative estimate of drug-likeness (QED) is 0.508. The van der Waals surface area contributed by atoms with Crippen LogP contribution in [0.2, 0.25) is 0 Å². The Labute approximate surface area is 122 Å². The fourth-order valence-corrected chi connectivity index (χ4v) is 1.83. The minimum atomic E-state index is -2.60. The zero-order valence-electron chi connectivity index (χ0n) is 10.7. The van der Waals surface area contributed by atoms with Gasteiger partial charge in [-0.15, -0.1) is 0 Å². The van der Waals surface area contributed by atoms with E-state index >= 15 is 0 Å². The normalized spacial score (nSPS) is 17.5. The van der Waals surface area contributed by atoms with E-state index in [1.54, 1.807) is 35.5 Å². The predicted octanol–water partition coefficient (Wildman–Crippen LogP) is -1.18. The van der Waals surface area contributed by atoms with E-state index in [4.69, 9.17) is 4.74 Å². The zero-order valence-corrected chi connectivity index (χ0v) is 10.7. The van der Waals surface area contributed by atoms with Gasteiger partial charge in [0.2, 0.25) is 0 Å². The zero-order chi connectivity index (χ0) is 12.5. The van der Waals surface area contributed by atoms with Gasteiger partial charge in [-0.25, -0.2) is 15.1 Å². The summed E-state index contributed by atoms with van der Waals surface area (Å²) in [6.07, 6.45) is 0.981. The van der Waals surface area contributed by atoms with Gasteiger partial charge >= 0.3 is 18.9 Å². The maximum Gasteiger partial charge on any atom is 1.00 e. The summed E-state index contributed by atoms with van der Waals surface area (Å²) in [5, 5.41) is 0. The molecule has 100 valence electrons. The molecule has 1 fully saturated rings. The van der Waals surface area contributed by atoms with Crippen molar-refractivity contribution in [2.45, 2.75) is 12.0 Å². The van der Waals surface area contributed by atoms with Crippen molar-refractivity contribution in [2.24, 2.45) is 0 Å². The summed E-state index contributed by atoms with van der Waals surface area (Å²) in [4.78, 5) is 12.2. The van der Waals surface area contributed by atoms with Gasteiger partial charge in [0.1, 0.15) is 0 Å². The molecule has 0 saturated carbocycles. The number of ether oxygens (including phenoxy) is 1. The topological polar surface area (TPSA) is 58.0 Å². The van der Waals surface area contributed by atoms with Crippen LogP contribution in [0.25, 0.3) is 0 Å². The number of carbonyl (C=O) groups excluding carboxylic acids is 1. The van der Waals surface area contributed by atoms with Crippen molar-refractivity contribution in [1.82, 2.24) is 0 Å². The summed E-state index contributed by atoms with van der Waals surface area (Å²) in [6.45, 7) is -0.558. The van der Waals surface area contributed by atoms with Crippen LogP contribution in [-0.2, 0) is 15.0 Å². The van der Waals surface area contributed by atoms with Gasteiger partial charge in [0.05, 0.1) is 13.1 Å². The van der Waals surface area contributed by atoms with Crippen LogP contribution in [0.5, 0.6) is 0 Å². The molecule has 0 N–H and O–H groups in total. The monoisotopic (exact) mass is 263 g/mol. The molecule has 0 aliphatic carbocycles. The fraction of sp³-hybridized carbons (Fsp3) is 0.417. The Morgan fingerprint density at radius 3 is 2.53 bits per heavy atom. The number of methoxy groups -OCH3 is 1. The van der Waals surface area contributed by atoms with Crippen molar-refractivity contribution in [2.75, 3.05) is 25.1 Å². The molecular weight excluding hydrogens is 251 g/mol. The van der Waals surface area contributed by atoms with E-state index in [1.165, 1.54) is 7.11 Å². The van der Waals surface area contributed by atoms with E-state index in [1.807, 2.05) is 0 Å². The average molecular weight is 263 g/mol. The summed E-state index contributed by atoms with van der Waals surface area (Å²) in [5.74, 6) is -2.60. The van der Waals surface area contributed by atoms with Gasteiger partial charge in [0.15, 0.2) is 0 Å². The van der Waals surface area contributed by atoms with Gasteiger partial charge in [-0.2, -0.15) is 0 Å². The Balaban J connectivity index is 0.00000162. The first-order chi connectivity index (χ1) is 8.05. The van der Waals surface area contributed by atoms with Crippen LogP contribution in [0, 0.1) is 0 Å². The summed E-state index contributed by atoms with van der Waals surface area (Å²) < 4.78 is 30.4. The molecule has 19 heavy (non-hydrogen) atoms. The SMILES string of the molecule is COC([C-]=O)c1cccc(N2CC(F)(F)C2)c1.[Li+].[O-2]. The second-order valence-corrected chi connectivity index (χ2v) is 4.04. The summed E-state index contributed by atoms with van der Waals surface area (Å²) in [5.41, 5.74) is 1.29. The number of hydrogen-bond donors (Lipinski definition) is 0. The van der Waals surface area contributed by atoms with E-state index in [9.17, 15) is 13.6 Å². The third-order valence-electron chi connectivity index (χ3n) is 2.73. The third-order valence-corrected chi connectivity index (χ3v) is 2.73. The number of benzene rings is 1. The van der Waals surface area contributed by atoms with Crippen LogP contribution in [0.4, 0.5) is 14.5 Å². The first-order valence-electron chi connectivity index (χ1n) is 5.19. The largest absolute Gasteiger partial charge is 2.00 e. The van der Waals surface area contributed by atoms with E-state index in [2.05, 4.69) is 0 Å². The molecule has 0 amide bonds. The Hall–Kier alpha value is -0.933. The van der Waals surface area contributed by atoms with Crippen molar-refractivity contribution in [3.05, 3.63) is 29.8 Å². The van der Waals surface area contributed by atoms with Gasteiger partial charge in [0.25, 0.3) is 5.92 Å². The van der Waals surface area contributed by atoms with Gasteiger partial charge in [-0.05, 0) is 23.8 Å². The predicted molar refractivity (Wildman–Crippen MR) is 59.7 cm³/mol. The van der Waals surface area contributed by atoms with Gasteiger partial charge in [0, 0.05) is 12.8 Å². The van der Waals surface area contributed by atoms with Gasteiger partial charge in [-0.3, -0.25) is 0 Å². The molecule has 1 aliphatic rings. The molecule has 0 radical (unpaired) electrons. The summed E-state index contributed by atoms with van der Waals surface area (Å²) in [6, 6.07) is 6.83. The number of rotatable bonds is 4. The molecule has 7 heteroatoms. The van der Waals surface area contributed by atoms with E-state index < -0.39 is 12.0 Å². The van der Waals surface area contributed by atoms with Gasteiger partial charge < -0.3 is 19.9 Å². The van der Waals surface area contributed by atoms with Crippen LogP contribution in [0.15, 0.2) is 24.3 Å². The second-order valence-electron chi connectivity index (χ2n) is 4.04. The molecule has 0 spiro atoms. The van der Waals surface area contributed by atoms with Crippen LogP contribution >= 0.6 is 0 Å². The van der Waals surface area contributed by atoms with Crippen LogP contribution < -0.4 is 23.8 Å². The molecule has 1 aromatic carbocycles. The number of halogens is 2. The smallest absolute Gasteiger partial charge is 1.00 e. The maximum atomic E-state index is 12.7. The molecule has 1 aromatic rings. The van der Waals surface area contributed by atoms with Crippen LogP contribution in [0.1, 0.15) is 11.7 Å². The number of anilines is 1. The van der Waals surface area contributed by atoms with Crippen molar-refractivity contribution >= 4 is 12.0 Å². The first kappa shape index (κ1) is 18.1. The van der Waals surface area contributed by atoms with Crippen molar-refractivity contribution < 1.29 is 42.6 Å². The molecule has 0 aromatic heterocycles. The first-order valence-corrected chi connectivity index (χ1v) is 5.19. The number of hydrogen-bond acceptors (Lipinski definition) is 3. The third kappa shape index (κ3) is 4.01. The molecule has 4 nitrogen and oxygen atoms in total. The van der Waals surface area contributed by atoms with Crippen molar-refractivity contribution in [3.63, 3.8) is 0 Å². The minimum Gasteiger partial charge on any atom is -2.00 e. The molecule has 2 rings (SSSR count). The number of nitrogens with zero attached hydrogens (tertiary/aromatic N) is 1. The van der Waals surface area contributed by atoms with Crippen LogP contribution in [-0.4, -0.2) is 32.4 Å². The molecule has 1 aliphatic heterocycles. The van der Waals surface area contributed by atoms with E-state index in [0.717, 1.165) is 0 Å². The molecule has 1 atom stereocenters. The molecule has 0 bridgehead atoms. The average Bonchev–Trinajstić information content (AvgIpc) is 2.28. The molecule has 1 unspecified atom stereocenters. The minimum absolute atomic E-state index is 0. The standard InChI is InChI=1S/C12H12F2NO2.Li.O/c1-17-11(6-16)9-3-2-4-10(5-9)15-7-12(13,14)8-15;;/h2-5,11H,7-8H2,1H3;;/q-1;+1;-2. The van der Waals surface area contributed by atoms with E-state index in [-0.39, 0.29) is 37.4 Å². The maximum absolute atomic E-state index is 12.7. The molecule has 1 saturated heterocycles. The Kier molecular flexibility index (Phi) is 6.67. The van der Waals surface area contributed by atoms with Crippen LogP contribution in [0.3, 0.4) is 0 Å². The summed E-state index contributed by atoms with van der Waals surface area (Å²) in [7, 11) is 1.40. The molecule has 1 heterocycles. The van der Waals surface area contributed by atoms with Crippen molar-refractivity contribution in [1.29, 1.82) is 0 Å². The van der Waals surface area contributed by atoms with E-state index in [0.29, 0.717) is 11.3 Å². The second kappa shape index (κ2) is 7.01. The number of alkyl halides is 2. The molecular formula is C12H12F2LiNO3-2. The van der Waals surface area contributed by atoms with Crippen molar-refractivity contribution in [3.8, 4) is 0 Å². The van der Waals surface area contributed by atoms with Gasteiger partial charge in [-0.1, -0.05) is 12.1 Å². The summed E-state index contributed by atoms with van der Waals surface area (Å²) >= 11 is 0. The Morgan fingerprint density at radius 2 is 2.05 bits per heavy atom. The Morgan fingerprint density at radius 1 is 1.42 bits per heavy atom. The Bertz CT molecular complexity index is 423.